The molecule has 1 N–H and O–H groups in total. The van der Waals surface area contributed by atoms with Gasteiger partial charge in [0.05, 0.1) is 30.5 Å². The molecule has 2 aromatic rings. The summed E-state index contributed by atoms with van der Waals surface area (Å²) >= 11 is 0. The fraction of sp³-hybridized carbons (Fsp3) is 0.273. The van der Waals surface area contributed by atoms with Crippen molar-refractivity contribution in [3.63, 3.8) is 0 Å². The van der Waals surface area contributed by atoms with E-state index in [-0.39, 0.29) is 17.8 Å². The summed E-state index contributed by atoms with van der Waals surface area (Å²) < 4.78 is 18.8. The molecule has 29 heavy (non-hydrogen) atoms. The van der Waals surface area contributed by atoms with Gasteiger partial charge in [-0.15, -0.1) is 0 Å². The lowest BCUT2D eigenvalue weighted by molar-refractivity contribution is -0.131. The SMILES string of the molecule is CC1=C(C(=O)N2CCOCC2)[C@H](c2ccc(F)cc2)NC(=O)N1c1ccccc1. The summed E-state index contributed by atoms with van der Waals surface area (Å²) in [5.41, 5.74) is 2.36. The van der Waals surface area contributed by atoms with E-state index >= 15 is 0 Å². The van der Waals surface area contributed by atoms with E-state index in [0.29, 0.717) is 48.8 Å². The van der Waals surface area contributed by atoms with Crippen LogP contribution in [0.3, 0.4) is 0 Å². The van der Waals surface area contributed by atoms with Crippen molar-refractivity contribution in [1.29, 1.82) is 0 Å². The highest BCUT2D eigenvalue weighted by molar-refractivity contribution is 6.04. The molecule has 2 aromatic carbocycles. The Morgan fingerprint density at radius 3 is 2.38 bits per heavy atom. The summed E-state index contributed by atoms with van der Waals surface area (Å²) in [5, 5.41) is 2.93. The van der Waals surface area contributed by atoms with Crippen LogP contribution in [0.2, 0.25) is 0 Å². The molecule has 2 aliphatic rings. The van der Waals surface area contributed by atoms with Crippen LogP contribution in [0.4, 0.5) is 14.9 Å². The van der Waals surface area contributed by atoms with Crippen LogP contribution in [0.1, 0.15) is 18.5 Å². The van der Waals surface area contributed by atoms with Crippen LogP contribution in [0.15, 0.2) is 65.9 Å². The maximum atomic E-state index is 13.5. The zero-order chi connectivity index (χ0) is 20.4. The topological polar surface area (TPSA) is 61.9 Å². The monoisotopic (exact) mass is 395 g/mol. The fourth-order valence-corrected chi connectivity index (χ4v) is 3.75. The molecule has 1 saturated heterocycles. The zero-order valence-corrected chi connectivity index (χ0v) is 16.1. The zero-order valence-electron chi connectivity index (χ0n) is 16.1. The number of rotatable bonds is 3. The first-order valence-corrected chi connectivity index (χ1v) is 9.55. The Bertz CT molecular complexity index is 938. The lowest BCUT2D eigenvalue weighted by Gasteiger charge is -2.38. The number of urea groups is 1. The highest BCUT2D eigenvalue weighted by Gasteiger charge is 2.38. The predicted octanol–water partition coefficient (Wildman–Crippen LogP) is 3.23. The number of carbonyl (C=O) groups is 2. The number of nitrogens with zero attached hydrogens (tertiary/aromatic N) is 2. The van der Waals surface area contributed by atoms with E-state index < -0.39 is 6.04 Å². The van der Waals surface area contributed by atoms with Gasteiger partial charge in [-0.05, 0) is 36.8 Å². The number of allylic oxidation sites excluding steroid dienone is 1. The smallest absolute Gasteiger partial charge is 0.326 e. The standard InChI is InChI=1S/C22H22FN3O3/c1-15-19(21(27)25-11-13-29-14-12-25)20(16-7-9-17(23)10-8-16)24-22(28)26(15)18-5-3-2-4-6-18/h2-10,20H,11-14H2,1H3,(H,24,28)/t20-/m0/s1. The molecule has 3 amide bonds. The molecule has 7 heteroatoms. The molecule has 0 aliphatic carbocycles. The highest BCUT2D eigenvalue weighted by Crippen LogP contribution is 2.34. The van der Waals surface area contributed by atoms with Gasteiger partial charge in [-0.3, -0.25) is 9.69 Å². The summed E-state index contributed by atoms with van der Waals surface area (Å²) in [7, 11) is 0. The molecule has 0 aromatic heterocycles. The molecule has 0 spiro atoms. The predicted molar refractivity (Wildman–Crippen MR) is 107 cm³/mol. The van der Waals surface area contributed by atoms with Gasteiger partial charge < -0.3 is 15.0 Å². The Labute approximate surface area is 168 Å². The van der Waals surface area contributed by atoms with E-state index in [0.717, 1.165) is 0 Å². The number of para-hydroxylation sites is 1. The van der Waals surface area contributed by atoms with E-state index in [1.807, 2.05) is 30.3 Å². The third-order valence-electron chi connectivity index (χ3n) is 5.23. The van der Waals surface area contributed by atoms with Crippen LogP contribution in [-0.2, 0) is 9.53 Å². The molecule has 0 saturated carbocycles. The first-order valence-electron chi connectivity index (χ1n) is 9.55. The van der Waals surface area contributed by atoms with Gasteiger partial charge >= 0.3 is 6.03 Å². The summed E-state index contributed by atoms with van der Waals surface area (Å²) in [6.45, 7) is 3.72. The van der Waals surface area contributed by atoms with Gasteiger partial charge in [0.15, 0.2) is 0 Å². The van der Waals surface area contributed by atoms with Crippen molar-refractivity contribution in [2.24, 2.45) is 0 Å². The van der Waals surface area contributed by atoms with Crippen molar-refractivity contribution >= 4 is 17.6 Å². The van der Waals surface area contributed by atoms with Crippen molar-refractivity contribution < 1.29 is 18.7 Å². The lowest BCUT2D eigenvalue weighted by Crippen LogP contribution is -2.51. The normalized spacial score (nSPS) is 19.9. The van der Waals surface area contributed by atoms with Gasteiger partial charge in [-0.25, -0.2) is 9.18 Å². The average molecular weight is 395 g/mol. The average Bonchev–Trinajstić information content (AvgIpc) is 2.75. The van der Waals surface area contributed by atoms with Crippen molar-refractivity contribution in [1.82, 2.24) is 10.2 Å². The minimum Gasteiger partial charge on any atom is -0.378 e. The van der Waals surface area contributed by atoms with Crippen LogP contribution in [-0.4, -0.2) is 43.1 Å². The van der Waals surface area contributed by atoms with Crippen molar-refractivity contribution in [3.05, 3.63) is 77.2 Å². The number of carbonyl (C=O) groups excluding carboxylic acids is 2. The maximum Gasteiger partial charge on any atom is 0.326 e. The first-order chi connectivity index (χ1) is 14.1. The van der Waals surface area contributed by atoms with E-state index in [1.54, 1.807) is 24.0 Å². The Balaban J connectivity index is 1.80. The second-order valence-electron chi connectivity index (χ2n) is 7.01. The molecular formula is C22H22FN3O3. The molecular weight excluding hydrogens is 373 g/mol. The van der Waals surface area contributed by atoms with Crippen LogP contribution in [0.5, 0.6) is 0 Å². The summed E-state index contributed by atoms with van der Waals surface area (Å²) in [4.78, 5) is 29.7. The van der Waals surface area contributed by atoms with Gasteiger partial charge in [-0.2, -0.15) is 0 Å². The number of anilines is 1. The molecule has 4 rings (SSSR count). The number of benzene rings is 2. The van der Waals surface area contributed by atoms with E-state index in [4.69, 9.17) is 4.74 Å². The Kier molecular flexibility index (Phi) is 5.31. The minimum atomic E-state index is -0.654. The summed E-state index contributed by atoms with van der Waals surface area (Å²) in [6, 6.07) is 14.0. The van der Waals surface area contributed by atoms with Gasteiger partial charge in [0.25, 0.3) is 5.91 Å². The third-order valence-corrected chi connectivity index (χ3v) is 5.23. The van der Waals surface area contributed by atoms with E-state index in [1.165, 1.54) is 17.0 Å². The number of hydrogen-bond acceptors (Lipinski definition) is 3. The summed E-state index contributed by atoms with van der Waals surface area (Å²) in [6.07, 6.45) is 0. The third kappa shape index (κ3) is 3.73. The molecule has 0 radical (unpaired) electrons. The van der Waals surface area contributed by atoms with Crippen LogP contribution in [0, 0.1) is 5.82 Å². The molecule has 1 fully saturated rings. The Hall–Kier alpha value is -3.19. The molecule has 0 bridgehead atoms. The number of ether oxygens (including phenoxy) is 1. The van der Waals surface area contributed by atoms with Crippen molar-refractivity contribution in [2.45, 2.75) is 13.0 Å². The minimum absolute atomic E-state index is 0.152. The largest absolute Gasteiger partial charge is 0.378 e. The van der Waals surface area contributed by atoms with Crippen molar-refractivity contribution in [3.8, 4) is 0 Å². The first kappa shape index (κ1) is 19.1. The van der Waals surface area contributed by atoms with Gasteiger partial charge in [0.1, 0.15) is 5.82 Å². The highest BCUT2D eigenvalue weighted by atomic mass is 19.1. The second kappa shape index (κ2) is 8.05. The molecule has 0 unspecified atom stereocenters. The second-order valence-corrected chi connectivity index (χ2v) is 7.01. The number of morpholine rings is 1. The van der Waals surface area contributed by atoms with E-state index in [9.17, 15) is 14.0 Å². The molecule has 2 aliphatic heterocycles. The maximum absolute atomic E-state index is 13.5. The quantitative estimate of drug-likeness (QED) is 0.868. The fourth-order valence-electron chi connectivity index (χ4n) is 3.75. The lowest BCUT2D eigenvalue weighted by atomic mass is 9.93. The summed E-state index contributed by atoms with van der Waals surface area (Å²) in [5.74, 6) is -0.524. The van der Waals surface area contributed by atoms with Gasteiger partial charge in [0, 0.05) is 18.8 Å². The van der Waals surface area contributed by atoms with E-state index in [2.05, 4.69) is 5.32 Å². The Morgan fingerprint density at radius 1 is 1.07 bits per heavy atom. The van der Waals surface area contributed by atoms with Crippen molar-refractivity contribution in [2.75, 3.05) is 31.2 Å². The molecule has 1 atom stereocenters. The number of hydrogen-bond donors (Lipinski definition) is 1. The van der Waals surface area contributed by atoms with Gasteiger partial charge in [-0.1, -0.05) is 30.3 Å². The molecule has 2 heterocycles. The van der Waals surface area contributed by atoms with Crippen LogP contribution >= 0.6 is 0 Å². The number of amides is 3. The number of nitrogens with one attached hydrogen (secondary N) is 1. The Morgan fingerprint density at radius 2 is 1.72 bits per heavy atom. The van der Waals surface area contributed by atoms with Crippen LogP contribution in [0.25, 0.3) is 0 Å². The molecule has 150 valence electrons. The van der Waals surface area contributed by atoms with Gasteiger partial charge in [0.2, 0.25) is 0 Å². The molecule has 6 nitrogen and oxygen atoms in total. The van der Waals surface area contributed by atoms with Crippen LogP contribution < -0.4 is 10.2 Å². The number of halogens is 1.